The van der Waals surface area contributed by atoms with E-state index in [1.165, 1.54) is 0 Å². The van der Waals surface area contributed by atoms with Gasteiger partial charge in [-0.3, -0.25) is 0 Å². The SMILES string of the molecule is COCCCCNc1cc(OC)ccc1C#N. The van der Waals surface area contributed by atoms with Crippen LogP contribution in [0.1, 0.15) is 18.4 Å². The van der Waals surface area contributed by atoms with Gasteiger partial charge in [0.1, 0.15) is 11.8 Å². The Labute approximate surface area is 102 Å². The smallest absolute Gasteiger partial charge is 0.121 e. The number of hydrogen-bond acceptors (Lipinski definition) is 4. The first-order chi connectivity index (χ1) is 8.31. The standard InChI is InChI=1S/C13H18N2O2/c1-16-8-4-3-7-15-13-9-12(17-2)6-5-11(13)10-14/h5-6,9,15H,3-4,7-8H2,1-2H3. The minimum absolute atomic E-state index is 0.637. The molecule has 0 fully saturated rings. The summed E-state index contributed by atoms with van der Waals surface area (Å²) in [6, 6.07) is 7.54. The minimum atomic E-state index is 0.637. The zero-order chi connectivity index (χ0) is 12.5. The molecule has 0 unspecified atom stereocenters. The highest BCUT2D eigenvalue weighted by Crippen LogP contribution is 2.21. The van der Waals surface area contributed by atoms with E-state index in [2.05, 4.69) is 11.4 Å². The molecular formula is C13H18N2O2. The fourth-order valence-corrected chi connectivity index (χ4v) is 1.49. The van der Waals surface area contributed by atoms with Crippen LogP contribution < -0.4 is 10.1 Å². The Morgan fingerprint density at radius 3 is 2.76 bits per heavy atom. The average Bonchev–Trinajstić information content (AvgIpc) is 2.38. The van der Waals surface area contributed by atoms with Crippen molar-refractivity contribution in [1.82, 2.24) is 0 Å². The molecule has 0 aliphatic heterocycles. The molecule has 0 bridgehead atoms. The Morgan fingerprint density at radius 2 is 2.12 bits per heavy atom. The number of nitrogens with zero attached hydrogens (tertiary/aromatic N) is 1. The highest BCUT2D eigenvalue weighted by atomic mass is 16.5. The van der Waals surface area contributed by atoms with Crippen LogP contribution in [0.15, 0.2) is 18.2 Å². The zero-order valence-electron chi connectivity index (χ0n) is 10.3. The molecule has 1 aromatic rings. The molecule has 0 amide bonds. The Bertz CT molecular complexity index is 385. The number of rotatable bonds is 7. The minimum Gasteiger partial charge on any atom is -0.497 e. The summed E-state index contributed by atoms with van der Waals surface area (Å²) in [6.07, 6.45) is 2.02. The maximum atomic E-state index is 8.97. The number of anilines is 1. The molecule has 0 heterocycles. The largest absolute Gasteiger partial charge is 0.497 e. The van der Waals surface area contributed by atoms with Crippen molar-refractivity contribution in [2.24, 2.45) is 0 Å². The summed E-state index contributed by atoms with van der Waals surface area (Å²) in [5.41, 5.74) is 1.46. The third kappa shape index (κ3) is 4.33. The van der Waals surface area contributed by atoms with E-state index < -0.39 is 0 Å². The van der Waals surface area contributed by atoms with Crippen molar-refractivity contribution < 1.29 is 9.47 Å². The van der Waals surface area contributed by atoms with E-state index in [0.29, 0.717) is 5.56 Å². The lowest BCUT2D eigenvalue weighted by atomic mass is 10.2. The molecule has 0 aliphatic rings. The van der Waals surface area contributed by atoms with Crippen LogP contribution in [0.5, 0.6) is 5.75 Å². The van der Waals surface area contributed by atoms with E-state index in [9.17, 15) is 0 Å². The average molecular weight is 234 g/mol. The normalized spacial score (nSPS) is 9.71. The van der Waals surface area contributed by atoms with Gasteiger partial charge < -0.3 is 14.8 Å². The predicted octanol–water partition coefficient (Wildman–Crippen LogP) is 2.41. The summed E-state index contributed by atoms with van der Waals surface area (Å²) in [5, 5.41) is 12.2. The van der Waals surface area contributed by atoms with Crippen LogP contribution in [-0.4, -0.2) is 27.4 Å². The third-order valence-electron chi connectivity index (χ3n) is 2.44. The molecule has 1 rings (SSSR count). The van der Waals surface area contributed by atoms with Crippen molar-refractivity contribution in [1.29, 1.82) is 5.26 Å². The van der Waals surface area contributed by atoms with Crippen LogP contribution in [0.3, 0.4) is 0 Å². The molecule has 0 saturated carbocycles. The summed E-state index contributed by atoms with van der Waals surface area (Å²) >= 11 is 0. The van der Waals surface area contributed by atoms with Crippen LogP contribution in [0, 0.1) is 11.3 Å². The van der Waals surface area contributed by atoms with Gasteiger partial charge in [0.15, 0.2) is 0 Å². The van der Waals surface area contributed by atoms with Gasteiger partial charge >= 0.3 is 0 Å². The number of nitrogens with one attached hydrogen (secondary N) is 1. The van der Waals surface area contributed by atoms with Gasteiger partial charge in [0.2, 0.25) is 0 Å². The summed E-state index contributed by atoms with van der Waals surface area (Å²) in [6.45, 7) is 1.59. The third-order valence-corrected chi connectivity index (χ3v) is 2.44. The zero-order valence-corrected chi connectivity index (χ0v) is 10.3. The van der Waals surface area contributed by atoms with Gasteiger partial charge in [-0.25, -0.2) is 0 Å². The molecule has 92 valence electrons. The first kappa shape index (κ1) is 13.3. The van der Waals surface area contributed by atoms with E-state index in [1.807, 2.05) is 6.07 Å². The van der Waals surface area contributed by atoms with Crippen LogP contribution >= 0.6 is 0 Å². The van der Waals surface area contributed by atoms with Gasteiger partial charge in [-0.15, -0.1) is 0 Å². The fourth-order valence-electron chi connectivity index (χ4n) is 1.49. The molecule has 0 aromatic heterocycles. The molecular weight excluding hydrogens is 216 g/mol. The van der Waals surface area contributed by atoms with Gasteiger partial charge in [-0.05, 0) is 25.0 Å². The first-order valence-corrected chi connectivity index (χ1v) is 5.62. The van der Waals surface area contributed by atoms with E-state index in [1.54, 1.807) is 26.4 Å². The van der Waals surface area contributed by atoms with Gasteiger partial charge in [0.25, 0.3) is 0 Å². The lowest BCUT2D eigenvalue weighted by molar-refractivity contribution is 0.194. The van der Waals surface area contributed by atoms with Gasteiger partial charge in [-0.2, -0.15) is 5.26 Å². The number of hydrogen-bond donors (Lipinski definition) is 1. The topological polar surface area (TPSA) is 54.3 Å². The van der Waals surface area contributed by atoms with Crippen molar-refractivity contribution in [3.8, 4) is 11.8 Å². The Hall–Kier alpha value is -1.73. The number of methoxy groups -OCH3 is 2. The lowest BCUT2D eigenvalue weighted by Crippen LogP contribution is -2.04. The Morgan fingerprint density at radius 1 is 1.29 bits per heavy atom. The Kier molecular flexibility index (Phi) is 5.91. The first-order valence-electron chi connectivity index (χ1n) is 5.62. The molecule has 17 heavy (non-hydrogen) atoms. The second-order valence-corrected chi connectivity index (χ2v) is 3.65. The highest BCUT2D eigenvalue weighted by Gasteiger charge is 2.03. The summed E-state index contributed by atoms with van der Waals surface area (Å²) in [4.78, 5) is 0. The monoisotopic (exact) mass is 234 g/mol. The second-order valence-electron chi connectivity index (χ2n) is 3.65. The molecule has 4 heteroatoms. The molecule has 1 N–H and O–H groups in total. The van der Waals surface area contributed by atoms with Gasteiger partial charge in [-0.1, -0.05) is 0 Å². The van der Waals surface area contributed by atoms with E-state index >= 15 is 0 Å². The summed E-state index contributed by atoms with van der Waals surface area (Å²) < 4.78 is 10.1. The molecule has 0 aliphatic carbocycles. The number of unbranched alkanes of at least 4 members (excludes halogenated alkanes) is 1. The van der Waals surface area contributed by atoms with Gasteiger partial charge in [0, 0.05) is 26.3 Å². The fraction of sp³-hybridized carbons (Fsp3) is 0.462. The van der Waals surface area contributed by atoms with Crippen molar-refractivity contribution >= 4 is 5.69 Å². The van der Waals surface area contributed by atoms with Crippen molar-refractivity contribution in [2.75, 3.05) is 32.7 Å². The number of nitriles is 1. The maximum absolute atomic E-state index is 8.97. The van der Waals surface area contributed by atoms with E-state index in [-0.39, 0.29) is 0 Å². The predicted molar refractivity (Wildman–Crippen MR) is 67.3 cm³/mol. The van der Waals surface area contributed by atoms with Crippen molar-refractivity contribution in [3.63, 3.8) is 0 Å². The van der Waals surface area contributed by atoms with E-state index in [4.69, 9.17) is 14.7 Å². The van der Waals surface area contributed by atoms with Gasteiger partial charge in [0.05, 0.1) is 18.4 Å². The number of benzene rings is 1. The summed E-state index contributed by atoms with van der Waals surface area (Å²) in [7, 11) is 3.31. The van der Waals surface area contributed by atoms with Crippen LogP contribution in [0.4, 0.5) is 5.69 Å². The molecule has 0 atom stereocenters. The molecule has 4 nitrogen and oxygen atoms in total. The molecule has 0 radical (unpaired) electrons. The maximum Gasteiger partial charge on any atom is 0.121 e. The molecule has 0 spiro atoms. The molecule has 1 aromatic carbocycles. The van der Waals surface area contributed by atoms with E-state index in [0.717, 1.165) is 37.4 Å². The van der Waals surface area contributed by atoms with Crippen LogP contribution in [0.25, 0.3) is 0 Å². The molecule has 0 saturated heterocycles. The summed E-state index contributed by atoms with van der Waals surface area (Å²) in [5.74, 6) is 0.753. The van der Waals surface area contributed by atoms with Crippen LogP contribution in [0.2, 0.25) is 0 Å². The second kappa shape index (κ2) is 7.53. The lowest BCUT2D eigenvalue weighted by Gasteiger charge is -2.09. The quantitative estimate of drug-likeness (QED) is 0.736. The Balaban J connectivity index is 2.53. The van der Waals surface area contributed by atoms with Crippen molar-refractivity contribution in [2.45, 2.75) is 12.8 Å². The van der Waals surface area contributed by atoms with Crippen molar-refractivity contribution in [3.05, 3.63) is 23.8 Å². The highest BCUT2D eigenvalue weighted by molar-refractivity contribution is 5.60. The number of ether oxygens (including phenoxy) is 2. The van der Waals surface area contributed by atoms with Crippen LogP contribution in [-0.2, 0) is 4.74 Å².